The van der Waals surface area contributed by atoms with E-state index in [9.17, 15) is 4.79 Å². The molecule has 2 heterocycles. The van der Waals surface area contributed by atoms with Crippen molar-refractivity contribution in [2.75, 3.05) is 5.32 Å². The van der Waals surface area contributed by atoms with Gasteiger partial charge in [0.1, 0.15) is 12.1 Å². The Morgan fingerprint density at radius 1 is 1.44 bits per heavy atom. The number of rotatable bonds is 3. The molecule has 0 saturated heterocycles. The Hall–Kier alpha value is -2.44. The number of hydrogen-bond donors (Lipinski definition) is 2. The van der Waals surface area contributed by atoms with Crippen LogP contribution in [0.25, 0.3) is 0 Å². The second-order valence-corrected chi connectivity index (χ2v) is 3.84. The molecule has 1 atom stereocenters. The Balaban J connectivity index is 1.94. The highest BCUT2D eigenvalue weighted by Crippen LogP contribution is 2.07. The molecule has 18 heavy (non-hydrogen) atoms. The van der Waals surface area contributed by atoms with Gasteiger partial charge in [-0.05, 0) is 19.1 Å². The molecule has 0 unspecified atom stereocenters. The molecule has 2 rings (SSSR count). The van der Waals surface area contributed by atoms with Crippen LogP contribution in [0.2, 0.25) is 0 Å². The fourth-order valence-corrected chi connectivity index (χ4v) is 1.53. The van der Waals surface area contributed by atoms with Gasteiger partial charge in [-0.15, -0.1) is 10.2 Å². The first-order valence-corrected chi connectivity index (χ1v) is 5.49. The SMILES string of the molecule is C[C@@H](NC(=O)Nc1ccccn1)c1nncn1C. The predicted octanol–water partition coefficient (Wildman–Crippen LogP) is 1.09. The molecule has 7 heteroatoms. The first-order valence-electron chi connectivity index (χ1n) is 5.49. The molecule has 2 aromatic rings. The molecule has 0 spiro atoms. The molecule has 0 fully saturated rings. The minimum atomic E-state index is -0.329. The van der Waals surface area contributed by atoms with Crippen LogP contribution in [0.5, 0.6) is 0 Å². The number of nitrogens with one attached hydrogen (secondary N) is 2. The van der Waals surface area contributed by atoms with Crippen LogP contribution >= 0.6 is 0 Å². The number of amides is 2. The quantitative estimate of drug-likeness (QED) is 0.849. The summed E-state index contributed by atoms with van der Waals surface area (Å²) >= 11 is 0. The number of carbonyl (C=O) groups is 1. The Kier molecular flexibility index (Phi) is 3.52. The second kappa shape index (κ2) is 5.26. The van der Waals surface area contributed by atoms with Gasteiger partial charge in [0.2, 0.25) is 0 Å². The average Bonchev–Trinajstić information content (AvgIpc) is 2.76. The number of aryl methyl sites for hydroxylation is 1. The monoisotopic (exact) mass is 246 g/mol. The highest BCUT2D eigenvalue weighted by Gasteiger charge is 2.14. The zero-order valence-corrected chi connectivity index (χ0v) is 10.2. The van der Waals surface area contributed by atoms with Crippen molar-refractivity contribution >= 4 is 11.8 Å². The summed E-state index contributed by atoms with van der Waals surface area (Å²) in [6.07, 6.45) is 3.20. The van der Waals surface area contributed by atoms with Crippen molar-refractivity contribution in [1.29, 1.82) is 0 Å². The topological polar surface area (TPSA) is 84.7 Å². The number of hydrogen-bond acceptors (Lipinski definition) is 4. The van der Waals surface area contributed by atoms with Gasteiger partial charge in [-0.1, -0.05) is 6.07 Å². The standard InChI is InChI=1S/C11H14N6O/c1-8(10-16-13-7-17(10)2)14-11(18)15-9-5-3-4-6-12-9/h3-8H,1-2H3,(H2,12,14,15,18)/t8-/m1/s1. The van der Waals surface area contributed by atoms with Gasteiger partial charge in [-0.3, -0.25) is 5.32 Å². The average molecular weight is 246 g/mol. The van der Waals surface area contributed by atoms with Gasteiger partial charge in [0.25, 0.3) is 0 Å². The van der Waals surface area contributed by atoms with E-state index < -0.39 is 0 Å². The van der Waals surface area contributed by atoms with Crippen molar-refractivity contribution in [3.63, 3.8) is 0 Å². The van der Waals surface area contributed by atoms with Crippen LogP contribution in [0.3, 0.4) is 0 Å². The molecule has 0 aliphatic rings. The number of carbonyl (C=O) groups excluding carboxylic acids is 1. The maximum absolute atomic E-state index is 11.7. The third-order valence-electron chi connectivity index (χ3n) is 2.39. The highest BCUT2D eigenvalue weighted by atomic mass is 16.2. The van der Waals surface area contributed by atoms with E-state index in [0.29, 0.717) is 11.6 Å². The van der Waals surface area contributed by atoms with Crippen molar-refractivity contribution in [2.45, 2.75) is 13.0 Å². The number of aromatic nitrogens is 4. The molecule has 0 saturated carbocycles. The zero-order chi connectivity index (χ0) is 13.0. The maximum atomic E-state index is 11.7. The fraction of sp³-hybridized carbons (Fsp3) is 0.273. The number of urea groups is 1. The minimum Gasteiger partial charge on any atom is -0.328 e. The minimum absolute atomic E-state index is 0.235. The molecule has 2 aromatic heterocycles. The summed E-state index contributed by atoms with van der Waals surface area (Å²) in [7, 11) is 1.82. The molecule has 7 nitrogen and oxygen atoms in total. The van der Waals surface area contributed by atoms with Gasteiger partial charge in [-0.2, -0.15) is 0 Å². The first kappa shape index (κ1) is 12.0. The lowest BCUT2D eigenvalue weighted by Crippen LogP contribution is -2.32. The highest BCUT2D eigenvalue weighted by molar-refractivity contribution is 5.88. The summed E-state index contributed by atoms with van der Waals surface area (Å²) in [6.45, 7) is 1.84. The van der Waals surface area contributed by atoms with E-state index in [0.717, 1.165) is 0 Å². The van der Waals surface area contributed by atoms with Gasteiger partial charge >= 0.3 is 6.03 Å². The van der Waals surface area contributed by atoms with Gasteiger partial charge in [0.05, 0.1) is 6.04 Å². The van der Waals surface area contributed by atoms with Crippen LogP contribution in [0, 0.1) is 0 Å². The molecule has 0 radical (unpaired) electrons. The second-order valence-electron chi connectivity index (χ2n) is 3.84. The van der Waals surface area contributed by atoms with E-state index >= 15 is 0 Å². The van der Waals surface area contributed by atoms with E-state index in [1.54, 1.807) is 35.3 Å². The number of pyridine rings is 1. The first-order chi connectivity index (χ1) is 8.66. The molecule has 0 aliphatic carbocycles. The molecule has 0 bridgehead atoms. The van der Waals surface area contributed by atoms with Crippen LogP contribution in [0.4, 0.5) is 10.6 Å². The van der Waals surface area contributed by atoms with Gasteiger partial charge in [0.15, 0.2) is 5.82 Å². The summed E-state index contributed by atoms with van der Waals surface area (Å²) in [4.78, 5) is 15.7. The van der Waals surface area contributed by atoms with Crippen molar-refractivity contribution in [2.24, 2.45) is 7.05 Å². The fourth-order valence-electron chi connectivity index (χ4n) is 1.53. The zero-order valence-electron chi connectivity index (χ0n) is 10.2. The molecule has 0 aromatic carbocycles. The van der Waals surface area contributed by atoms with E-state index in [1.165, 1.54) is 0 Å². The lowest BCUT2D eigenvalue weighted by atomic mass is 10.3. The summed E-state index contributed by atoms with van der Waals surface area (Å²) < 4.78 is 1.76. The molecule has 2 N–H and O–H groups in total. The maximum Gasteiger partial charge on any atom is 0.320 e. The smallest absolute Gasteiger partial charge is 0.320 e. The van der Waals surface area contributed by atoms with Crippen LogP contribution in [-0.2, 0) is 7.05 Å². The van der Waals surface area contributed by atoms with Gasteiger partial charge in [0, 0.05) is 13.2 Å². The third kappa shape index (κ3) is 2.82. The largest absolute Gasteiger partial charge is 0.328 e. The Morgan fingerprint density at radius 3 is 2.89 bits per heavy atom. The number of nitrogens with zero attached hydrogens (tertiary/aromatic N) is 4. The number of anilines is 1. The lowest BCUT2D eigenvalue weighted by molar-refractivity contribution is 0.248. The van der Waals surface area contributed by atoms with E-state index in [4.69, 9.17) is 0 Å². The van der Waals surface area contributed by atoms with Crippen molar-refractivity contribution in [3.8, 4) is 0 Å². The molecule has 2 amide bonds. The molecule has 94 valence electrons. The molecule has 0 aliphatic heterocycles. The van der Waals surface area contributed by atoms with Crippen molar-refractivity contribution < 1.29 is 4.79 Å². The summed E-state index contributed by atoms with van der Waals surface area (Å²) in [5.41, 5.74) is 0. The van der Waals surface area contributed by atoms with Crippen LogP contribution in [0.15, 0.2) is 30.7 Å². The Morgan fingerprint density at radius 2 is 2.28 bits per heavy atom. The lowest BCUT2D eigenvalue weighted by Gasteiger charge is -2.13. The summed E-state index contributed by atoms with van der Waals surface area (Å²) in [5, 5.41) is 13.1. The summed E-state index contributed by atoms with van der Waals surface area (Å²) in [5.74, 6) is 1.19. The van der Waals surface area contributed by atoms with Crippen molar-refractivity contribution in [1.82, 2.24) is 25.1 Å². The van der Waals surface area contributed by atoms with Gasteiger partial charge < -0.3 is 9.88 Å². The third-order valence-corrected chi connectivity index (χ3v) is 2.39. The van der Waals surface area contributed by atoms with E-state index in [2.05, 4.69) is 25.8 Å². The van der Waals surface area contributed by atoms with E-state index in [1.807, 2.05) is 14.0 Å². The summed E-state index contributed by atoms with van der Waals surface area (Å²) in [6, 6.07) is 4.73. The Bertz CT molecular complexity index is 523. The van der Waals surface area contributed by atoms with E-state index in [-0.39, 0.29) is 12.1 Å². The van der Waals surface area contributed by atoms with Crippen LogP contribution in [0.1, 0.15) is 18.8 Å². The van der Waals surface area contributed by atoms with Gasteiger partial charge in [-0.25, -0.2) is 9.78 Å². The Labute approximate surface area is 104 Å². The normalized spacial score (nSPS) is 11.9. The molecular weight excluding hydrogens is 232 g/mol. The molecular formula is C11H14N6O. The predicted molar refractivity (Wildman–Crippen MR) is 65.8 cm³/mol. The van der Waals surface area contributed by atoms with Crippen LogP contribution in [-0.4, -0.2) is 25.8 Å². The van der Waals surface area contributed by atoms with Crippen LogP contribution < -0.4 is 10.6 Å². The van der Waals surface area contributed by atoms with Crippen molar-refractivity contribution in [3.05, 3.63) is 36.5 Å².